The third-order valence-electron chi connectivity index (χ3n) is 10.0. The Bertz CT molecular complexity index is 641. The Morgan fingerprint density at radius 3 is 1.55 bits per heavy atom. The highest BCUT2D eigenvalue weighted by Gasteiger charge is 2.50. The van der Waals surface area contributed by atoms with E-state index in [-0.39, 0.29) is 17.6 Å². The highest BCUT2D eigenvalue weighted by atomic mass is 16.3. The average molecular weight is 430 g/mol. The smallest absolute Gasteiger partial charge is 0.225 e. The molecular formula is C27H43NO3. The van der Waals surface area contributed by atoms with Crippen molar-refractivity contribution in [1.29, 1.82) is 0 Å². The molecule has 174 valence electrons. The van der Waals surface area contributed by atoms with Gasteiger partial charge < -0.3 is 10.0 Å². The average Bonchev–Trinajstić information content (AvgIpc) is 3.34. The molecule has 0 spiro atoms. The van der Waals surface area contributed by atoms with Gasteiger partial charge in [-0.3, -0.25) is 9.59 Å². The zero-order chi connectivity index (χ0) is 21.4. The minimum absolute atomic E-state index is 0.0355. The highest BCUT2D eigenvalue weighted by Crippen LogP contribution is 2.46. The molecule has 4 aliphatic carbocycles. The van der Waals surface area contributed by atoms with Gasteiger partial charge in [0.25, 0.3) is 0 Å². The maximum atomic E-state index is 13.1. The van der Waals surface area contributed by atoms with Crippen LogP contribution in [0.1, 0.15) is 103 Å². The molecule has 0 radical (unpaired) electrons. The Balaban J connectivity index is 1.03. The van der Waals surface area contributed by atoms with Gasteiger partial charge in [0.2, 0.25) is 5.91 Å². The number of hydrogen-bond donors (Lipinski definition) is 1. The van der Waals surface area contributed by atoms with E-state index in [1.165, 1.54) is 64.2 Å². The number of nitrogens with zero attached hydrogens (tertiary/aromatic N) is 1. The summed E-state index contributed by atoms with van der Waals surface area (Å²) in [4.78, 5) is 27.5. The van der Waals surface area contributed by atoms with Crippen LogP contribution in [0.15, 0.2) is 0 Å². The maximum Gasteiger partial charge on any atom is 0.225 e. The van der Waals surface area contributed by atoms with Gasteiger partial charge in [-0.2, -0.15) is 0 Å². The number of piperidine rings is 1. The molecular weight excluding hydrogens is 386 g/mol. The van der Waals surface area contributed by atoms with Crippen LogP contribution in [0.4, 0.5) is 0 Å². The zero-order valence-electron chi connectivity index (χ0n) is 19.4. The summed E-state index contributed by atoms with van der Waals surface area (Å²) < 4.78 is 0. The largest absolute Gasteiger partial charge is 0.382 e. The summed E-state index contributed by atoms with van der Waals surface area (Å²) in [5.41, 5.74) is -1.01. The third-order valence-corrected chi connectivity index (χ3v) is 10.0. The van der Waals surface area contributed by atoms with Gasteiger partial charge in [0, 0.05) is 24.9 Å². The molecule has 0 bridgehead atoms. The molecule has 0 atom stereocenters. The van der Waals surface area contributed by atoms with E-state index in [9.17, 15) is 14.7 Å². The van der Waals surface area contributed by atoms with Crippen LogP contribution in [0, 0.1) is 35.5 Å². The first kappa shape index (κ1) is 21.9. The number of carbonyl (C=O) groups is 2. The molecule has 1 aliphatic heterocycles. The van der Waals surface area contributed by atoms with Gasteiger partial charge in [-0.1, -0.05) is 25.7 Å². The lowest BCUT2D eigenvalue weighted by Crippen LogP contribution is -2.45. The van der Waals surface area contributed by atoms with E-state index in [1.54, 1.807) is 0 Å². The van der Waals surface area contributed by atoms with Crippen LogP contribution in [0.5, 0.6) is 0 Å². The molecule has 5 fully saturated rings. The number of amides is 1. The van der Waals surface area contributed by atoms with Crippen molar-refractivity contribution in [1.82, 2.24) is 4.90 Å². The van der Waals surface area contributed by atoms with Gasteiger partial charge in [-0.25, -0.2) is 0 Å². The lowest BCUT2D eigenvalue weighted by atomic mass is 9.67. The molecule has 4 nitrogen and oxygen atoms in total. The predicted molar refractivity (Wildman–Crippen MR) is 121 cm³/mol. The predicted octanol–water partition coefficient (Wildman–Crippen LogP) is 5.12. The van der Waals surface area contributed by atoms with Gasteiger partial charge >= 0.3 is 0 Å². The van der Waals surface area contributed by atoms with E-state index < -0.39 is 5.60 Å². The van der Waals surface area contributed by atoms with E-state index in [0.717, 1.165) is 49.4 Å². The van der Waals surface area contributed by atoms with E-state index in [4.69, 9.17) is 0 Å². The third kappa shape index (κ3) is 4.75. The summed E-state index contributed by atoms with van der Waals surface area (Å²) in [5.74, 6) is 4.41. The molecule has 5 aliphatic rings. The Labute approximate surface area is 188 Å². The molecule has 0 aromatic heterocycles. The van der Waals surface area contributed by atoms with Crippen molar-refractivity contribution in [2.24, 2.45) is 35.5 Å². The number of rotatable bonds is 5. The fraction of sp³-hybridized carbons (Fsp3) is 0.926. The van der Waals surface area contributed by atoms with Crippen LogP contribution in [0.3, 0.4) is 0 Å². The molecule has 31 heavy (non-hydrogen) atoms. The van der Waals surface area contributed by atoms with Crippen LogP contribution < -0.4 is 0 Å². The summed E-state index contributed by atoms with van der Waals surface area (Å²) in [7, 11) is 0. The fourth-order valence-electron chi connectivity index (χ4n) is 7.72. The zero-order valence-corrected chi connectivity index (χ0v) is 19.4. The molecule has 0 unspecified atom stereocenters. The van der Waals surface area contributed by atoms with Crippen LogP contribution in [0.25, 0.3) is 0 Å². The Kier molecular flexibility index (Phi) is 6.47. The second-order valence-corrected chi connectivity index (χ2v) is 11.8. The number of Topliss-reactive ketones (excluding diaryl/α,β-unsaturated/α-hetero) is 1. The molecule has 0 aromatic carbocycles. The number of carbonyl (C=O) groups excluding carboxylic acids is 2. The van der Waals surface area contributed by atoms with Crippen molar-refractivity contribution >= 4 is 11.7 Å². The van der Waals surface area contributed by atoms with Crippen molar-refractivity contribution in [2.45, 2.75) is 108 Å². The highest BCUT2D eigenvalue weighted by molar-refractivity contribution is 5.92. The Morgan fingerprint density at radius 2 is 1.06 bits per heavy atom. The quantitative estimate of drug-likeness (QED) is 0.660. The topological polar surface area (TPSA) is 57.6 Å². The van der Waals surface area contributed by atoms with E-state index in [1.807, 2.05) is 4.90 Å². The maximum absolute atomic E-state index is 13.1. The Morgan fingerprint density at radius 1 is 0.613 bits per heavy atom. The number of likely N-dealkylation sites (tertiary alicyclic amines) is 1. The van der Waals surface area contributed by atoms with Crippen LogP contribution in [-0.2, 0) is 9.59 Å². The second kappa shape index (κ2) is 9.15. The molecule has 4 saturated carbocycles. The van der Waals surface area contributed by atoms with Crippen molar-refractivity contribution in [3.8, 4) is 0 Å². The molecule has 1 amide bonds. The van der Waals surface area contributed by atoms with Gasteiger partial charge in [0.1, 0.15) is 5.60 Å². The fourth-order valence-corrected chi connectivity index (χ4v) is 7.72. The molecule has 1 saturated heterocycles. The monoisotopic (exact) mass is 429 g/mol. The minimum atomic E-state index is -1.01. The lowest BCUT2D eigenvalue weighted by molar-refractivity contribution is -0.142. The number of ketones is 1. The summed E-state index contributed by atoms with van der Waals surface area (Å²) in [5, 5.41) is 10.1. The molecule has 0 aromatic rings. The SMILES string of the molecule is O=C(C1CCC(C2CCC(C3CCCC3)CC2)CC1)N1CCC(C(=O)C2(O)CC2)CC1. The van der Waals surface area contributed by atoms with Crippen molar-refractivity contribution in [3.63, 3.8) is 0 Å². The second-order valence-electron chi connectivity index (χ2n) is 11.8. The first-order valence-corrected chi connectivity index (χ1v) is 13.6. The summed E-state index contributed by atoms with van der Waals surface area (Å²) in [6.07, 6.45) is 19.2. The molecule has 4 heteroatoms. The minimum Gasteiger partial charge on any atom is -0.382 e. The lowest BCUT2D eigenvalue weighted by Gasteiger charge is -2.40. The van der Waals surface area contributed by atoms with E-state index >= 15 is 0 Å². The first-order valence-electron chi connectivity index (χ1n) is 13.6. The number of aliphatic hydroxyl groups is 1. The summed E-state index contributed by atoms with van der Waals surface area (Å²) >= 11 is 0. The van der Waals surface area contributed by atoms with Crippen LogP contribution in [-0.4, -0.2) is 40.4 Å². The van der Waals surface area contributed by atoms with Crippen LogP contribution in [0.2, 0.25) is 0 Å². The van der Waals surface area contributed by atoms with Crippen LogP contribution >= 0.6 is 0 Å². The van der Waals surface area contributed by atoms with E-state index in [0.29, 0.717) is 31.8 Å². The standard InChI is InChI=1S/C27H43NO3/c29-25(27(31)15-16-27)23-13-17-28(18-14-23)26(30)24-11-9-22(10-12-24)21-7-5-20(6-8-21)19-3-1-2-4-19/h19-24,31H,1-18H2. The summed E-state index contributed by atoms with van der Waals surface area (Å²) in [6, 6.07) is 0. The van der Waals surface area contributed by atoms with Gasteiger partial charge in [-0.15, -0.1) is 0 Å². The van der Waals surface area contributed by atoms with Gasteiger partial charge in [0.05, 0.1) is 0 Å². The van der Waals surface area contributed by atoms with Crippen molar-refractivity contribution in [2.75, 3.05) is 13.1 Å². The normalized spacial score (nSPS) is 37.0. The summed E-state index contributed by atoms with van der Waals surface area (Å²) in [6.45, 7) is 1.41. The molecule has 1 N–H and O–H groups in total. The molecule has 1 heterocycles. The number of hydrogen-bond acceptors (Lipinski definition) is 3. The van der Waals surface area contributed by atoms with E-state index in [2.05, 4.69) is 0 Å². The Hall–Kier alpha value is -0.900. The molecule has 5 rings (SSSR count). The van der Waals surface area contributed by atoms with Gasteiger partial charge in [-0.05, 0) is 101 Å². The first-order chi connectivity index (χ1) is 15.0. The van der Waals surface area contributed by atoms with Crippen molar-refractivity contribution < 1.29 is 14.7 Å². The van der Waals surface area contributed by atoms with Crippen molar-refractivity contribution in [3.05, 3.63) is 0 Å². The van der Waals surface area contributed by atoms with Gasteiger partial charge in [0.15, 0.2) is 5.78 Å².